The van der Waals surface area contributed by atoms with E-state index in [-0.39, 0.29) is 17.7 Å². The van der Waals surface area contributed by atoms with E-state index in [2.05, 4.69) is 10.2 Å². The van der Waals surface area contributed by atoms with Crippen molar-refractivity contribution in [2.45, 2.75) is 6.42 Å². The van der Waals surface area contributed by atoms with Crippen molar-refractivity contribution in [2.75, 3.05) is 39.4 Å². The minimum atomic E-state index is -0.847. The number of nitrogens with one attached hydrogen (secondary N) is 1. The Labute approximate surface area is 124 Å². The summed E-state index contributed by atoms with van der Waals surface area (Å²) in [6.07, 6.45) is 4.77. The van der Waals surface area contributed by atoms with Gasteiger partial charge in [-0.25, -0.2) is 0 Å². The van der Waals surface area contributed by atoms with E-state index in [0.29, 0.717) is 6.54 Å². The van der Waals surface area contributed by atoms with Crippen LogP contribution in [0, 0.1) is 23.7 Å². The van der Waals surface area contributed by atoms with Crippen molar-refractivity contribution >= 4 is 11.9 Å². The lowest BCUT2D eigenvalue weighted by atomic mass is 9.82. The monoisotopic (exact) mass is 294 g/mol. The van der Waals surface area contributed by atoms with Gasteiger partial charge < -0.3 is 15.2 Å². The third kappa shape index (κ3) is 2.96. The van der Waals surface area contributed by atoms with Crippen LogP contribution in [0.25, 0.3) is 0 Å². The maximum Gasteiger partial charge on any atom is 0.307 e. The zero-order chi connectivity index (χ0) is 14.8. The Morgan fingerprint density at radius 3 is 2.52 bits per heavy atom. The Morgan fingerprint density at radius 2 is 1.86 bits per heavy atom. The van der Waals surface area contributed by atoms with E-state index in [4.69, 9.17) is 4.74 Å². The first-order valence-electron chi connectivity index (χ1n) is 7.66. The number of hydrogen-bond donors (Lipinski definition) is 2. The smallest absolute Gasteiger partial charge is 0.307 e. The molecular formula is C15H22N2O4. The van der Waals surface area contributed by atoms with E-state index < -0.39 is 17.8 Å². The van der Waals surface area contributed by atoms with Gasteiger partial charge in [-0.15, -0.1) is 0 Å². The Morgan fingerprint density at radius 1 is 1.19 bits per heavy atom. The summed E-state index contributed by atoms with van der Waals surface area (Å²) in [6.45, 7) is 4.64. The van der Waals surface area contributed by atoms with Crippen LogP contribution in [-0.4, -0.2) is 61.3 Å². The van der Waals surface area contributed by atoms with Crippen LogP contribution in [0.4, 0.5) is 0 Å². The van der Waals surface area contributed by atoms with Crippen molar-refractivity contribution in [1.82, 2.24) is 10.2 Å². The molecule has 0 radical (unpaired) electrons. The number of allylic oxidation sites excluding steroid dienone is 2. The van der Waals surface area contributed by atoms with Crippen molar-refractivity contribution in [2.24, 2.45) is 23.7 Å². The third-order valence-corrected chi connectivity index (χ3v) is 4.88. The van der Waals surface area contributed by atoms with Gasteiger partial charge in [-0.2, -0.15) is 0 Å². The quantitative estimate of drug-likeness (QED) is 0.696. The molecule has 21 heavy (non-hydrogen) atoms. The van der Waals surface area contributed by atoms with Gasteiger partial charge in [-0.05, 0) is 18.3 Å². The van der Waals surface area contributed by atoms with E-state index in [9.17, 15) is 14.7 Å². The molecule has 116 valence electrons. The summed E-state index contributed by atoms with van der Waals surface area (Å²) in [5.74, 6) is -1.78. The molecule has 2 fully saturated rings. The maximum atomic E-state index is 12.3. The van der Waals surface area contributed by atoms with Crippen LogP contribution in [0.1, 0.15) is 6.42 Å². The molecule has 1 heterocycles. The molecule has 2 aliphatic carbocycles. The van der Waals surface area contributed by atoms with Crippen molar-refractivity contribution in [3.63, 3.8) is 0 Å². The van der Waals surface area contributed by atoms with Gasteiger partial charge in [0.1, 0.15) is 0 Å². The third-order valence-electron chi connectivity index (χ3n) is 4.88. The molecule has 1 amide bonds. The fourth-order valence-corrected chi connectivity index (χ4v) is 3.80. The largest absolute Gasteiger partial charge is 0.481 e. The first-order valence-corrected chi connectivity index (χ1v) is 7.66. The van der Waals surface area contributed by atoms with Gasteiger partial charge in [-0.3, -0.25) is 14.5 Å². The molecule has 0 spiro atoms. The van der Waals surface area contributed by atoms with Crippen LogP contribution in [0.2, 0.25) is 0 Å². The fourth-order valence-electron chi connectivity index (χ4n) is 3.80. The number of ether oxygens (including phenoxy) is 1. The van der Waals surface area contributed by atoms with E-state index in [1.54, 1.807) is 0 Å². The molecule has 0 unspecified atom stereocenters. The molecule has 2 bridgehead atoms. The summed E-state index contributed by atoms with van der Waals surface area (Å²) in [6, 6.07) is 0. The molecule has 0 aromatic heterocycles. The number of aliphatic carboxylic acids is 1. The fraction of sp³-hybridized carbons (Fsp3) is 0.733. The Balaban J connectivity index is 1.50. The SMILES string of the molecule is O=C(O)[C@H]1[C@H](C(=O)NCCN2CCOCC2)[C@H]2C=C[C@H]1C2. The molecule has 0 aromatic carbocycles. The van der Waals surface area contributed by atoms with Crippen LogP contribution in [0.3, 0.4) is 0 Å². The summed E-state index contributed by atoms with van der Waals surface area (Å²) in [7, 11) is 0. The zero-order valence-electron chi connectivity index (χ0n) is 12.0. The van der Waals surface area contributed by atoms with Crippen molar-refractivity contribution in [1.29, 1.82) is 0 Å². The van der Waals surface area contributed by atoms with Crippen LogP contribution in [0.5, 0.6) is 0 Å². The molecular weight excluding hydrogens is 272 g/mol. The lowest BCUT2D eigenvalue weighted by Gasteiger charge is -2.27. The highest BCUT2D eigenvalue weighted by Crippen LogP contribution is 2.48. The van der Waals surface area contributed by atoms with Crippen molar-refractivity contribution in [3.8, 4) is 0 Å². The van der Waals surface area contributed by atoms with Gasteiger partial charge >= 0.3 is 5.97 Å². The second-order valence-corrected chi connectivity index (χ2v) is 6.08. The maximum absolute atomic E-state index is 12.3. The van der Waals surface area contributed by atoms with Gasteiger partial charge in [0.05, 0.1) is 25.0 Å². The number of nitrogens with zero attached hydrogens (tertiary/aromatic N) is 1. The number of amides is 1. The van der Waals surface area contributed by atoms with Crippen LogP contribution in [-0.2, 0) is 14.3 Å². The average Bonchev–Trinajstić information content (AvgIpc) is 3.08. The zero-order valence-corrected chi connectivity index (χ0v) is 12.0. The molecule has 0 aromatic rings. The molecule has 1 saturated carbocycles. The number of carbonyl (C=O) groups excluding carboxylic acids is 1. The van der Waals surface area contributed by atoms with Crippen LogP contribution >= 0.6 is 0 Å². The van der Waals surface area contributed by atoms with Crippen LogP contribution < -0.4 is 5.32 Å². The molecule has 1 aliphatic heterocycles. The number of carboxylic acid groups (broad SMARTS) is 1. The van der Waals surface area contributed by atoms with E-state index in [1.807, 2.05) is 12.2 Å². The summed E-state index contributed by atoms with van der Waals surface area (Å²) in [4.78, 5) is 26.0. The molecule has 1 saturated heterocycles. The molecule has 6 nitrogen and oxygen atoms in total. The summed E-state index contributed by atoms with van der Waals surface area (Å²) in [5, 5.41) is 12.3. The van der Waals surface area contributed by atoms with Crippen molar-refractivity contribution in [3.05, 3.63) is 12.2 Å². The predicted molar refractivity (Wildman–Crippen MR) is 75.6 cm³/mol. The Bertz CT molecular complexity index is 445. The van der Waals surface area contributed by atoms with Gasteiger partial charge in [0.15, 0.2) is 0 Å². The highest BCUT2D eigenvalue weighted by molar-refractivity contribution is 5.86. The summed E-state index contributed by atoms with van der Waals surface area (Å²) >= 11 is 0. The van der Waals surface area contributed by atoms with Gasteiger partial charge in [0, 0.05) is 26.2 Å². The lowest BCUT2D eigenvalue weighted by Crippen LogP contribution is -2.44. The first kappa shape index (κ1) is 14.5. The Hall–Kier alpha value is -1.40. The second-order valence-electron chi connectivity index (χ2n) is 6.08. The second kappa shape index (κ2) is 6.15. The molecule has 2 N–H and O–H groups in total. The molecule has 3 rings (SSSR count). The predicted octanol–water partition coefficient (Wildman–Crippen LogP) is -0.0423. The van der Waals surface area contributed by atoms with Gasteiger partial charge in [0.2, 0.25) is 5.91 Å². The number of carboxylic acids is 1. The topological polar surface area (TPSA) is 78.9 Å². The summed E-state index contributed by atoms with van der Waals surface area (Å²) in [5.41, 5.74) is 0. The molecule has 4 atom stereocenters. The first-order chi connectivity index (χ1) is 10.2. The minimum Gasteiger partial charge on any atom is -0.481 e. The standard InChI is InChI=1S/C15H22N2O4/c18-14(16-3-4-17-5-7-21-8-6-17)12-10-1-2-11(9-10)13(12)15(19)20/h1-2,10-13H,3-9H2,(H,16,18)(H,19,20)/t10-,11-,12+,13+/m0/s1. The van der Waals surface area contributed by atoms with Crippen LogP contribution in [0.15, 0.2) is 12.2 Å². The number of rotatable bonds is 5. The lowest BCUT2D eigenvalue weighted by molar-refractivity contribution is -0.147. The number of morpholine rings is 1. The minimum absolute atomic E-state index is 0.0301. The van der Waals surface area contributed by atoms with E-state index >= 15 is 0 Å². The average molecular weight is 294 g/mol. The highest BCUT2D eigenvalue weighted by atomic mass is 16.5. The molecule has 3 aliphatic rings. The van der Waals surface area contributed by atoms with Crippen molar-refractivity contribution < 1.29 is 19.4 Å². The highest BCUT2D eigenvalue weighted by Gasteiger charge is 2.51. The van der Waals surface area contributed by atoms with Gasteiger partial charge in [0.25, 0.3) is 0 Å². The van der Waals surface area contributed by atoms with Gasteiger partial charge in [-0.1, -0.05) is 12.2 Å². The number of fused-ring (bicyclic) bond motifs is 2. The Kier molecular flexibility index (Phi) is 4.26. The summed E-state index contributed by atoms with van der Waals surface area (Å²) < 4.78 is 5.28. The number of hydrogen-bond acceptors (Lipinski definition) is 4. The normalized spacial score (nSPS) is 35.0. The van der Waals surface area contributed by atoms with E-state index in [0.717, 1.165) is 39.3 Å². The number of carbonyl (C=O) groups is 2. The molecule has 6 heteroatoms. The van der Waals surface area contributed by atoms with E-state index in [1.165, 1.54) is 0 Å².